The van der Waals surface area contributed by atoms with Crippen molar-refractivity contribution in [2.24, 2.45) is 7.05 Å². The molecule has 0 radical (unpaired) electrons. The molecule has 0 saturated carbocycles. The second-order valence-corrected chi connectivity index (χ2v) is 6.62. The number of aromatic nitrogens is 7. The van der Waals surface area contributed by atoms with Gasteiger partial charge in [0.25, 0.3) is 0 Å². The lowest BCUT2D eigenvalue weighted by molar-refractivity contribution is 0.481. The zero-order chi connectivity index (χ0) is 17.5. The van der Waals surface area contributed by atoms with Crippen LogP contribution in [0.15, 0.2) is 62.1 Å². The zero-order valence-corrected chi connectivity index (χ0v) is 14.5. The molecular formula is C16H13N7O2S. The highest BCUT2D eigenvalue weighted by Crippen LogP contribution is 2.31. The minimum atomic E-state index is 0.520. The van der Waals surface area contributed by atoms with Gasteiger partial charge in [0.1, 0.15) is 24.1 Å². The van der Waals surface area contributed by atoms with Crippen LogP contribution in [0.5, 0.6) is 0 Å². The van der Waals surface area contributed by atoms with E-state index in [9.17, 15) is 0 Å². The van der Waals surface area contributed by atoms with Gasteiger partial charge >= 0.3 is 0 Å². The average molecular weight is 367 g/mol. The Morgan fingerprint density at radius 1 is 1.27 bits per heavy atom. The Labute approximate surface area is 151 Å². The number of nitrogens with one attached hydrogen (secondary N) is 1. The number of imidazole rings is 1. The number of H-pyrrole nitrogens is 1. The molecule has 0 aliphatic rings. The summed E-state index contributed by atoms with van der Waals surface area (Å²) in [5.74, 6) is 2.12. The largest absolute Gasteiger partial charge is 0.467 e. The van der Waals surface area contributed by atoms with Gasteiger partial charge in [-0.2, -0.15) is 5.10 Å². The van der Waals surface area contributed by atoms with Gasteiger partial charge in [0.2, 0.25) is 0 Å². The molecule has 0 fully saturated rings. The predicted molar refractivity (Wildman–Crippen MR) is 92.5 cm³/mol. The minimum Gasteiger partial charge on any atom is -0.467 e. The SMILES string of the molecule is Cn1cnnc1Sc1ccc(-c2nc3c(cnn3Cc3ccco3)[nH]2)o1. The molecule has 9 nitrogen and oxygen atoms in total. The van der Waals surface area contributed by atoms with Crippen molar-refractivity contribution in [3.8, 4) is 11.6 Å². The van der Waals surface area contributed by atoms with Gasteiger partial charge in [-0.1, -0.05) is 0 Å². The maximum Gasteiger partial charge on any atom is 0.198 e. The molecule has 0 saturated heterocycles. The predicted octanol–water partition coefficient (Wildman–Crippen LogP) is 2.94. The number of furan rings is 2. The van der Waals surface area contributed by atoms with E-state index < -0.39 is 0 Å². The van der Waals surface area contributed by atoms with E-state index in [1.165, 1.54) is 11.8 Å². The van der Waals surface area contributed by atoms with Gasteiger partial charge in [-0.05, 0) is 36.0 Å². The molecule has 10 heteroatoms. The molecule has 5 aromatic heterocycles. The van der Waals surface area contributed by atoms with E-state index in [0.717, 1.165) is 22.1 Å². The summed E-state index contributed by atoms with van der Waals surface area (Å²) >= 11 is 1.40. The van der Waals surface area contributed by atoms with E-state index in [-0.39, 0.29) is 0 Å². The second-order valence-electron chi connectivity index (χ2n) is 5.65. The summed E-state index contributed by atoms with van der Waals surface area (Å²) in [5, 5.41) is 13.7. The van der Waals surface area contributed by atoms with Gasteiger partial charge in [0.15, 0.2) is 27.5 Å². The summed E-state index contributed by atoms with van der Waals surface area (Å²) in [4.78, 5) is 7.85. The molecule has 0 aliphatic heterocycles. The number of rotatable bonds is 5. The van der Waals surface area contributed by atoms with Crippen LogP contribution in [0.1, 0.15) is 5.76 Å². The summed E-state index contributed by atoms with van der Waals surface area (Å²) in [6, 6.07) is 7.52. The van der Waals surface area contributed by atoms with E-state index >= 15 is 0 Å². The number of fused-ring (bicyclic) bond motifs is 1. The first-order chi connectivity index (χ1) is 12.8. The molecule has 130 valence electrons. The third kappa shape index (κ3) is 2.60. The quantitative estimate of drug-likeness (QED) is 0.509. The summed E-state index contributed by atoms with van der Waals surface area (Å²) in [6.07, 6.45) is 5.04. The van der Waals surface area contributed by atoms with Gasteiger partial charge in [0, 0.05) is 7.05 Å². The summed E-state index contributed by atoms with van der Waals surface area (Å²) in [7, 11) is 1.89. The molecule has 5 rings (SSSR count). The normalized spacial score (nSPS) is 11.6. The Kier molecular flexibility index (Phi) is 3.42. The molecule has 26 heavy (non-hydrogen) atoms. The van der Waals surface area contributed by atoms with Crippen molar-refractivity contribution in [1.82, 2.24) is 34.5 Å². The van der Waals surface area contributed by atoms with Crippen molar-refractivity contribution in [1.29, 1.82) is 0 Å². The lowest BCUT2D eigenvalue weighted by Crippen LogP contribution is -2.00. The van der Waals surface area contributed by atoms with Gasteiger partial charge in [-0.15, -0.1) is 10.2 Å². The first kappa shape index (κ1) is 15.0. The molecule has 0 aromatic carbocycles. The van der Waals surface area contributed by atoms with Crippen molar-refractivity contribution in [3.05, 3.63) is 48.8 Å². The summed E-state index contributed by atoms with van der Waals surface area (Å²) in [5.41, 5.74) is 1.58. The summed E-state index contributed by atoms with van der Waals surface area (Å²) < 4.78 is 14.9. The van der Waals surface area contributed by atoms with E-state index in [4.69, 9.17) is 8.83 Å². The number of aromatic amines is 1. The lowest BCUT2D eigenvalue weighted by Gasteiger charge is -1.97. The maximum atomic E-state index is 5.88. The fourth-order valence-corrected chi connectivity index (χ4v) is 3.31. The monoisotopic (exact) mass is 367 g/mol. The Morgan fingerprint density at radius 2 is 2.23 bits per heavy atom. The average Bonchev–Trinajstić information content (AvgIpc) is 3.41. The Morgan fingerprint density at radius 3 is 3.04 bits per heavy atom. The highest BCUT2D eigenvalue weighted by molar-refractivity contribution is 7.99. The molecule has 0 spiro atoms. The smallest absolute Gasteiger partial charge is 0.198 e. The molecule has 5 heterocycles. The van der Waals surface area contributed by atoms with Crippen molar-refractivity contribution < 1.29 is 8.83 Å². The van der Waals surface area contributed by atoms with Crippen LogP contribution in [0.2, 0.25) is 0 Å². The number of aryl methyl sites for hydroxylation is 1. The van der Waals surface area contributed by atoms with Gasteiger partial charge in [0.05, 0.1) is 12.5 Å². The molecule has 0 amide bonds. The highest BCUT2D eigenvalue weighted by Gasteiger charge is 2.15. The summed E-state index contributed by atoms with van der Waals surface area (Å²) in [6.45, 7) is 0.520. The first-order valence-electron chi connectivity index (χ1n) is 7.82. The van der Waals surface area contributed by atoms with Crippen LogP contribution < -0.4 is 0 Å². The van der Waals surface area contributed by atoms with Crippen molar-refractivity contribution in [2.45, 2.75) is 16.8 Å². The fraction of sp³-hybridized carbons (Fsp3) is 0.125. The third-order valence-electron chi connectivity index (χ3n) is 3.84. The molecule has 0 unspecified atom stereocenters. The lowest BCUT2D eigenvalue weighted by atomic mass is 10.4. The Balaban J connectivity index is 1.42. The molecule has 0 bridgehead atoms. The zero-order valence-electron chi connectivity index (χ0n) is 13.7. The minimum absolute atomic E-state index is 0.520. The molecular weight excluding hydrogens is 354 g/mol. The second kappa shape index (κ2) is 5.92. The van der Waals surface area contributed by atoms with E-state index in [2.05, 4.69) is 25.3 Å². The van der Waals surface area contributed by atoms with Crippen LogP contribution in [0.4, 0.5) is 0 Å². The van der Waals surface area contributed by atoms with Crippen LogP contribution in [-0.2, 0) is 13.6 Å². The first-order valence-corrected chi connectivity index (χ1v) is 8.64. The van der Waals surface area contributed by atoms with Crippen LogP contribution >= 0.6 is 11.8 Å². The molecule has 5 aromatic rings. The molecule has 0 aliphatic carbocycles. The third-order valence-corrected chi connectivity index (χ3v) is 4.82. The topological polar surface area (TPSA) is 103 Å². The van der Waals surface area contributed by atoms with Gasteiger partial charge < -0.3 is 18.4 Å². The Bertz CT molecular complexity index is 1160. The van der Waals surface area contributed by atoms with Crippen LogP contribution in [0.25, 0.3) is 22.7 Å². The van der Waals surface area contributed by atoms with Crippen LogP contribution in [-0.4, -0.2) is 34.5 Å². The number of hydrogen-bond donors (Lipinski definition) is 1. The van der Waals surface area contributed by atoms with Crippen molar-refractivity contribution in [2.75, 3.05) is 0 Å². The molecule has 0 atom stereocenters. The maximum absolute atomic E-state index is 5.88. The van der Waals surface area contributed by atoms with E-state index in [1.54, 1.807) is 23.5 Å². The highest BCUT2D eigenvalue weighted by atomic mass is 32.2. The van der Waals surface area contributed by atoms with Crippen molar-refractivity contribution >= 4 is 22.9 Å². The van der Waals surface area contributed by atoms with Gasteiger partial charge in [-0.25, -0.2) is 9.67 Å². The van der Waals surface area contributed by atoms with E-state index in [0.29, 0.717) is 23.2 Å². The van der Waals surface area contributed by atoms with Crippen LogP contribution in [0.3, 0.4) is 0 Å². The fourth-order valence-electron chi connectivity index (χ4n) is 2.59. The standard InChI is InChI=1S/C16H13N7O2S/c1-22-9-17-21-16(22)26-13-5-4-12(25-13)14-19-11-7-18-23(15(11)20-14)8-10-3-2-6-24-10/h2-7,9H,8H2,1H3,(H,19,20). The van der Waals surface area contributed by atoms with Crippen LogP contribution in [0, 0.1) is 0 Å². The van der Waals surface area contributed by atoms with E-state index in [1.807, 2.05) is 35.9 Å². The Hall–Kier alpha value is -3.27. The van der Waals surface area contributed by atoms with Crippen molar-refractivity contribution in [3.63, 3.8) is 0 Å². The molecule has 1 N–H and O–H groups in total. The number of nitrogens with zero attached hydrogens (tertiary/aromatic N) is 6. The number of hydrogen-bond acceptors (Lipinski definition) is 7. The van der Waals surface area contributed by atoms with Gasteiger partial charge in [-0.3, -0.25) is 0 Å².